The fourth-order valence-electron chi connectivity index (χ4n) is 7.98. The minimum atomic E-state index is -0.336. The SMILES string of the molecule is Cc1nn(C)cc1-c1nc2ncc(Cl)c(Oc3ccc(C(=O)N4CCN(CC5CCN(c6cncc([C@@H]7CCC(=O)NC7=O)c6)CC5)C[C@H]4C)cc3)c2[nH]1. The van der Waals surface area contributed by atoms with Crippen LogP contribution in [0.15, 0.2) is 55.1 Å². The summed E-state index contributed by atoms with van der Waals surface area (Å²) < 4.78 is 7.97. The van der Waals surface area contributed by atoms with E-state index >= 15 is 0 Å². The van der Waals surface area contributed by atoms with Gasteiger partial charge in [-0.25, -0.2) is 9.97 Å². The third-order valence-corrected chi connectivity index (χ3v) is 11.1. The lowest BCUT2D eigenvalue weighted by molar-refractivity contribution is -0.134. The number of halogens is 1. The largest absolute Gasteiger partial charge is 0.453 e. The van der Waals surface area contributed by atoms with Crippen LogP contribution in [0.3, 0.4) is 0 Å². The number of benzene rings is 1. The minimum absolute atomic E-state index is 0.00420. The summed E-state index contributed by atoms with van der Waals surface area (Å²) in [6.07, 6.45) is 10.0. The summed E-state index contributed by atoms with van der Waals surface area (Å²) >= 11 is 6.55. The number of rotatable bonds is 8. The number of aromatic amines is 1. The number of carbonyl (C=O) groups excluding carboxylic acids is 3. The molecule has 0 spiro atoms. The zero-order valence-electron chi connectivity index (χ0n) is 30.6. The summed E-state index contributed by atoms with van der Waals surface area (Å²) in [5, 5.41) is 7.20. The van der Waals surface area contributed by atoms with Crippen molar-refractivity contribution in [3.8, 4) is 22.9 Å². The van der Waals surface area contributed by atoms with E-state index in [2.05, 4.69) is 53.1 Å². The van der Waals surface area contributed by atoms with Gasteiger partial charge in [-0.1, -0.05) is 11.6 Å². The maximum atomic E-state index is 13.7. The van der Waals surface area contributed by atoms with Gasteiger partial charge in [0.05, 0.1) is 35.3 Å². The number of pyridine rings is 2. The zero-order chi connectivity index (χ0) is 37.5. The van der Waals surface area contributed by atoms with E-state index in [0.717, 1.165) is 68.1 Å². The molecule has 3 saturated heterocycles. The maximum Gasteiger partial charge on any atom is 0.254 e. The third kappa shape index (κ3) is 7.27. The molecule has 8 rings (SSSR count). The number of carbonyl (C=O) groups is 3. The van der Waals surface area contributed by atoms with Crippen LogP contribution >= 0.6 is 11.6 Å². The molecule has 0 bridgehead atoms. The molecule has 14 nitrogen and oxygen atoms in total. The van der Waals surface area contributed by atoms with E-state index in [0.29, 0.717) is 64.4 Å². The lowest BCUT2D eigenvalue weighted by Crippen LogP contribution is -2.55. The van der Waals surface area contributed by atoms with Crippen LogP contribution in [0.2, 0.25) is 5.02 Å². The first-order valence-electron chi connectivity index (χ1n) is 18.5. The Labute approximate surface area is 317 Å². The van der Waals surface area contributed by atoms with Crippen LogP contribution in [0.5, 0.6) is 11.5 Å². The number of aromatic nitrogens is 6. The van der Waals surface area contributed by atoms with Crippen LogP contribution < -0.4 is 15.0 Å². The first-order valence-corrected chi connectivity index (χ1v) is 18.9. The summed E-state index contributed by atoms with van der Waals surface area (Å²) in [7, 11) is 1.86. The van der Waals surface area contributed by atoms with Gasteiger partial charge in [0.15, 0.2) is 11.4 Å². The lowest BCUT2D eigenvalue weighted by Gasteiger charge is -2.42. The molecule has 5 aromatic rings. The van der Waals surface area contributed by atoms with Crippen molar-refractivity contribution in [3.05, 3.63) is 77.0 Å². The number of fused-ring (bicyclic) bond motifs is 1. The van der Waals surface area contributed by atoms with E-state index in [9.17, 15) is 14.4 Å². The maximum absolute atomic E-state index is 13.7. The van der Waals surface area contributed by atoms with E-state index < -0.39 is 0 Å². The topological polar surface area (TPSA) is 154 Å². The van der Waals surface area contributed by atoms with Gasteiger partial charge in [0.1, 0.15) is 22.1 Å². The lowest BCUT2D eigenvalue weighted by atomic mass is 9.91. The Hall–Kier alpha value is -5.34. The molecule has 1 aromatic carbocycles. The fourth-order valence-corrected chi connectivity index (χ4v) is 8.16. The second kappa shape index (κ2) is 14.8. The van der Waals surface area contributed by atoms with Crippen LogP contribution in [0.1, 0.15) is 60.1 Å². The molecule has 3 amide bonds. The van der Waals surface area contributed by atoms with E-state index in [1.54, 1.807) is 35.1 Å². The molecule has 3 aliphatic rings. The Morgan fingerprint density at radius 1 is 1.04 bits per heavy atom. The van der Waals surface area contributed by atoms with Crippen molar-refractivity contribution in [2.24, 2.45) is 13.0 Å². The van der Waals surface area contributed by atoms with Crippen molar-refractivity contribution in [3.63, 3.8) is 0 Å². The van der Waals surface area contributed by atoms with Gasteiger partial charge in [0.2, 0.25) is 11.8 Å². The van der Waals surface area contributed by atoms with Gasteiger partial charge >= 0.3 is 0 Å². The van der Waals surface area contributed by atoms with Gasteiger partial charge in [-0.2, -0.15) is 5.10 Å². The van der Waals surface area contributed by atoms with Crippen molar-refractivity contribution in [1.29, 1.82) is 0 Å². The highest BCUT2D eigenvalue weighted by Crippen LogP contribution is 2.36. The number of imide groups is 1. The third-order valence-electron chi connectivity index (χ3n) is 10.9. The molecule has 4 aromatic heterocycles. The summed E-state index contributed by atoms with van der Waals surface area (Å²) in [5.41, 5.74) is 5.25. The van der Waals surface area contributed by atoms with Gasteiger partial charge < -0.3 is 19.5 Å². The molecule has 7 heterocycles. The number of H-pyrrole nitrogens is 1. The highest BCUT2D eigenvalue weighted by Gasteiger charge is 2.32. The van der Waals surface area contributed by atoms with Crippen LogP contribution in [0, 0.1) is 12.8 Å². The number of ether oxygens (including phenoxy) is 1. The van der Waals surface area contributed by atoms with Crippen molar-refractivity contribution in [2.45, 2.75) is 51.5 Å². The average Bonchev–Trinajstić information content (AvgIpc) is 3.75. The summed E-state index contributed by atoms with van der Waals surface area (Å²) in [6.45, 7) is 9.21. The molecule has 280 valence electrons. The Morgan fingerprint density at radius 2 is 1.83 bits per heavy atom. The Kier molecular flexibility index (Phi) is 9.80. The van der Waals surface area contributed by atoms with Crippen LogP contribution in [-0.2, 0) is 16.6 Å². The summed E-state index contributed by atoms with van der Waals surface area (Å²) in [4.78, 5) is 61.2. The molecule has 0 aliphatic carbocycles. The molecule has 0 saturated carbocycles. The number of piperidine rings is 2. The van der Waals surface area contributed by atoms with Crippen molar-refractivity contribution < 1.29 is 19.1 Å². The van der Waals surface area contributed by atoms with Gasteiger partial charge in [-0.15, -0.1) is 0 Å². The molecule has 2 N–H and O–H groups in total. The summed E-state index contributed by atoms with van der Waals surface area (Å²) in [5.74, 6) is 1.36. The van der Waals surface area contributed by atoms with Crippen molar-refractivity contribution in [2.75, 3.05) is 44.2 Å². The quantitative estimate of drug-likeness (QED) is 0.205. The van der Waals surface area contributed by atoms with E-state index in [1.807, 2.05) is 31.3 Å². The highest BCUT2D eigenvalue weighted by molar-refractivity contribution is 6.32. The van der Waals surface area contributed by atoms with Gasteiger partial charge in [-0.05, 0) is 74.9 Å². The van der Waals surface area contributed by atoms with E-state index in [-0.39, 0.29) is 29.7 Å². The average molecular weight is 751 g/mol. The second-order valence-electron chi connectivity index (χ2n) is 14.7. The molecule has 54 heavy (non-hydrogen) atoms. The number of hydrogen-bond acceptors (Lipinski definition) is 10. The normalized spacial score (nSPS) is 20.1. The second-order valence-corrected chi connectivity index (χ2v) is 15.1. The number of nitrogens with zero attached hydrogens (tertiary/aromatic N) is 8. The number of imidazole rings is 1. The number of aryl methyl sites for hydroxylation is 2. The monoisotopic (exact) mass is 750 g/mol. The molecule has 0 radical (unpaired) electrons. The first-order chi connectivity index (χ1) is 26.1. The molecule has 2 atom stereocenters. The van der Waals surface area contributed by atoms with Crippen molar-refractivity contribution in [1.82, 2.24) is 44.8 Å². The fraction of sp³-hybridized carbons (Fsp3) is 0.410. The van der Waals surface area contributed by atoms with Crippen LogP contribution in [0.4, 0.5) is 5.69 Å². The molecule has 3 aliphatic heterocycles. The molecular weight excluding hydrogens is 708 g/mol. The number of hydrogen-bond donors (Lipinski definition) is 2. The number of amides is 3. The molecule has 0 unspecified atom stereocenters. The Morgan fingerprint density at radius 3 is 2.56 bits per heavy atom. The standard InChI is InChI=1S/C39H43ClN10O4/c1-23-20-48(21-25-10-12-49(13-11-25)28-16-27(17-41-18-28)30-8-9-33(51)43-38(30)52)14-15-50(23)39(53)26-4-6-29(7-5-26)54-35-32(40)19-42-37-34(35)44-36(45-37)31-22-47(3)46-24(31)2/h4-7,16-19,22-23,25,30H,8-15,20-21H2,1-3H3,(H,42,44,45)(H,43,51,52)/t23-,30+/m1/s1. The first kappa shape index (κ1) is 35.7. The number of nitrogens with one attached hydrogen (secondary N) is 2. The van der Waals surface area contributed by atoms with E-state index in [4.69, 9.17) is 16.3 Å². The predicted octanol–water partition coefficient (Wildman–Crippen LogP) is 5.09. The van der Waals surface area contributed by atoms with Gasteiger partial charge in [-0.3, -0.25) is 34.3 Å². The predicted molar refractivity (Wildman–Crippen MR) is 204 cm³/mol. The van der Waals surface area contributed by atoms with E-state index in [1.165, 1.54) is 6.20 Å². The molecular formula is C39H43ClN10O4. The summed E-state index contributed by atoms with van der Waals surface area (Å²) in [6, 6.07) is 9.29. The number of anilines is 1. The Balaban J connectivity index is 0.841. The zero-order valence-corrected chi connectivity index (χ0v) is 31.3. The van der Waals surface area contributed by atoms with Crippen LogP contribution in [-0.4, -0.2) is 103 Å². The minimum Gasteiger partial charge on any atom is -0.453 e. The smallest absolute Gasteiger partial charge is 0.254 e. The molecule has 3 fully saturated rings. The van der Waals surface area contributed by atoms with Crippen LogP contribution in [0.25, 0.3) is 22.6 Å². The highest BCUT2D eigenvalue weighted by atomic mass is 35.5. The van der Waals surface area contributed by atoms with Gasteiger partial charge in [0, 0.05) is 76.7 Å². The molecule has 15 heteroatoms. The Bertz CT molecular complexity index is 2210. The van der Waals surface area contributed by atoms with Crippen molar-refractivity contribution >= 4 is 46.2 Å². The van der Waals surface area contributed by atoms with Gasteiger partial charge in [0.25, 0.3) is 5.91 Å². The number of piperazine rings is 1.